The quantitative estimate of drug-likeness (QED) is 0.422. The predicted molar refractivity (Wildman–Crippen MR) is 54.9 cm³/mol. The molecule has 0 spiro atoms. The molecular weight excluding hydrogens is 172 g/mol. The van der Waals surface area contributed by atoms with Gasteiger partial charge in [-0.05, 0) is 25.7 Å². The molecule has 0 saturated carbocycles. The Balaban J connectivity index is 2.97. The van der Waals surface area contributed by atoms with Crippen LogP contribution in [0.15, 0.2) is 0 Å². The molecule has 1 unspecified atom stereocenters. The van der Waals surface area contributed by atoms with E-state index in [1.165, 1.54) is 6.42 Å². The molecule has 0 radical (unpaired) electrons. The van der Waals surface area contributed by atoms with Gasteiger partial charge in [-0.3, -0.25) is 0 Å². The SMILES string of the molecule is CCCOCCCC(Cl)CCC. The monoisotopic (exact) mass is 192 g/mol. The van der Waals surface area contributed by atoms with Crippen LogP contribution in [0.2, 0.25) is 0 Å². The van der Waals surface area contributed by atoms with Gasteiger partial charge in [-0.25, -0.2) is 0 Å². The van der Waals surface area contributed by atoms with E-state index in [0.717, 1.165) is 38.9 Å². The highest BCUT2D eigenvalue weighted by molar-refractivity contribution is 6.20. The Labute approximate surface area is 81.4 Å². The van der Waals surface area contributed by atoms with Crippen LogP contribution in [0.5, 0.6) is 0 Å². The lowest BCUT2D eigenvalue weighted by Crippen LogP contribution is -2.02. The summed E-state index contributed by atoms with van der Waals surface area (Å²) < 4.78 is 5.35. The maximum atomic E-state index is 6.04. The fraction of sp³-hybridized carbons (Fsp3) is 1.00. The Morgan fingerprint density at radius 2 is 1.83 bits per heavy atom. The van der Waals surface area contributed by atoms with Gasteiger partial charge in [-0.2, -0.15) is 0 Å². The minimum atomic E-state index is 0.361. The van der Waals surface area contributed by atoms with Gasteiger partial charge in [-0.1, -0.05) is 20.3 Å². The van der Waals surface area contributed by atoms with E-state index in [0.29, 0.717) is 5.38 Å². The third-order valence-electron chi connectivity index (χ3n) is 1.76. The second-order valence-corrected chi connectivity index (χ2v) is 3.76. The molecule has 0 amide bonds. The first kappa shape index (κ1) is 12.2. The third kappa shape index (κ3) is 8.35. The average molecular weight is 193 g/mol. The van der Waals surface area contributed by atoms with Crippen molar-refractivity contribution in [2.45, 2.75) is 51.3 Å². The first-order valence-corrected chi connectivity index (χ1v) is 5.46. The maximum Gasteiger partial charge on any atom is 0.0466 e. The number of hydrogen-bond acceptors (Lipinski definition) is 1. The lowest BCUT2D eigenvalue weighted by molar-refractivity contribution is 0.130. The molecule has 0 aliphatic carbocycles. The van der Waals surface area contributed by atoms with Gasteiger partial charge in [0.2, 0.25) is 0 Å². The van der Waals surface area contributed by atoms with Gasteiger partial charge < -0.3 is 4.74 Å². The predicted octanol–water partition coefficient (Wildman–Crippen LogP) is 3.60. The molecule has 0 saturated heterocycles. The van der Waals surface area contributed by atoms with Crippen molar-refractivity contribution < 1.29 is 4.74 Å². The number of ether oxygens (including phenoxy) is 1. The second kappa shape index (κ2) is 9.34. The van der Waals surface area contributed by atoms with Gasteiger partial charge in [0.05, 0.1) is 0 Å². The van der Waals surface area contributed by atoms with Crippen molar-refractivity contribution in [1.82, 2.24) is 0 Å². The van der Waals surface area contributed by atoms with Gasteiger partial charge >= 0.3 is 0 Å². The smallest absolute Gasteiger partial charge is 0.0466 e. The van der Waals surface area contributed by atoms with Crippen LogP contribution in [0, 0.1) is 0 Å². The van der Waals surface area contributed by atoms with Gasteiger partial charge in [0.25, 0.3) is 0 Å². The third-order valence-corrected chi connectivity index (χ3v) is 2.19. The molecule has 0 aromatic heterocycles. The van der Waals surface area contributed by atoms with Crippen molar-refractivity contribution >= 4 is 11.6 Å². The molecule has 0 aliphatic heterocycles. The van der Waals surface area contributed by atoms with Gasteiger partial charge in [-0.15, -0.1) is 11.6 Å². The summed E-state index contributed by atoms with van der Waals surface area (Å²) in [5.74, 6) is 0. The second-order valence-electron chi connectivity index (χ2n) is 3.14. The molecule has 0 N–H and O–H groups in total. The van der Waals surface area contributed by atoms with E-state index < -0.39 is 0 Å². The van der Waals surface area contributed by atoms with Crippen LogP contribution in [0.1, 0.15) is 46.0 Å². The summed E-state index contributed by atoms with van der Waals surface area (Å²) in [5, 5.41) is 0.361. The lowest BCUT2D eigenvalue weighted by Gasteiger charge is -2.07. The number of halogens is 1. The molecule has 1 nitrogen and oxygen atoms in total. The summed E-state index contributed by atoms with van der Waals surface area (Å²) in [6.07, 6.45) is 5.63. The molecule has 0 aromatic rings. The van der Waals surface area contributed by atoms with E-state index in [1.54, 1.807) is 0 Å². The molecular formula is C10H21ClO. The standard InChI is InChI=1S/C10H21ClO/c1-3-6-10(11)7-5-9-12-8-4-2/h10H,3-9H2,1-2H3. The largest absolute Gasteiger partial charge is 0.381 e. The summed E-state index contributed by atoms with van der Waals surface area (Å²) in [6.45, 7) is 6.06. The van der Waals surface area contributed by atoms with Gasteiger partial charge in [0.15, 0.2) is 0 Å². The van der Waals surface area contributed by atoms with Crippen molar-refractivity contribution in [3.8, 4) is 0 Å². The van der Waals surface area contributed by atoms with Gasteiger partial charge in [0, 0.05) is 18.6 Å². The molecule has 0 aromatic carbocycles. The highest BCUT2D eigenvalue weighted by atomic mass is 35.5. The molecule has 74 valence electrons. The lowest BCUT2D eigenvalue weighted by atomic mass is 10.1. The van der Waals surface area contributed by atoms with E-state index in [2.05, 4.69) is 13.8 Å². The summed E-state index contributed by atoms with van der Waals surface area (Å²) in [5.41, 5.74) is 0. The maximum absolute atomic E-state index is 6.04. The molecule has 0 bridgehead atoms. The number of alkyl halides is 1. The molecule has 0 aliphatic rings. The van der Waals surface area contributed by atoms with Crippen LogP contribution in [0.3, 0.4) is 0 Å². The molecule has 2 heteroatoms. The van der Waals surface area contributed by atoms with Crippen molar-refractivity contribution in [1.29, 1.82) is 0 Å². The Kier molecular flexibility index (Phi) is 9.53. The zero-order chi connectivity index (χ0) is 9.23. The number of rotatable bonds is 8. The summed E-state index contributed by atoms with van der Waals surface area (Å²) in [4.78, 5) is 0. The minimum Gasteiger partial charge on any atom is -0.381 e. The van der Waals surface area contributed by atoms with Crippen LogP contribution in [-0.2, 0) is 4.74 Å². The molecule has 12 heavy (non-hydrogen) atoms. The van der Waals surface area contributed by atoms with E-state index >= 15 is 0 Å². The van der Waals surface area contributed by atoms with Crippen LogP contribution in [0.25, 0.3) is 0 Å². The van der Waals surface area contributed by atoms with Crippen molar-refractivity contribution in [2.75, 3.05) is 13.2 Å². The Morgan fingerprint density at radius 1 is 1.08 bits per heavy atom. The van der Waals surface area contributed by atoms with Crippen molar-refractivity contribution in [3.63, 3.8) is 0 Å². The molecule has 0 rings (SSSR count). The summed E-state index contributed by atoms with van der Waals surface area (Å²) in [7, 11) is 0. The zero-order valence-electron chi connectivity index (χ0n) is 8.31. The average Bonchev–Trinajstić information content (AvgIpc) is 2.05. The fourth-order valence-electron chi connectivity index (χ4n) is 1.11. The number of hydrogen-bond donors (Lipinski definition) is 0. The van der Waals surface area contributed by atoms with E-state index in [1.807, 2.05) is 0 Å². The topological polar surface area (TPSA) is 9.23 Å². The fourth-order valence-corrected chi connectivity index (χ4v) is 1.48. The molecule has 1 atom stereocenters. The van der Waals surface area contributed by atoms with E-state index in [-0.39, 0.29) is 0 Å². The van der Waals surface area contributed by atoms with Crippen LogP contribution < -0.4 is 0 Å². The van der Waals surface area contributed by atoms with E-state index in [4.69, 9.17) is 16.3 Å². The Hall–Kier alpha value is 0.250. The highest BCUT2D eigenvalue weighted by Gasteiger charge is 2.01. The Bertz CT molecular complexity index is 85.9. The zero-order valence-corrected chi connectivity index (χ0v) is 9.07. The van der Waals surface area contributed by atoms with Crippen LogP contribution >= 0.6 is 11.6 Å². The Morgan fingerprint density at radius 3 is 2.42 bits per heavy atom. The van der Waals surface area contributed by atoms with Crippen LogP contribution in [-0.4, -0.2) is 18.6 Å². The summed E-state index contributed by atoms with van der Waals surface area (Å²) in [6, 6.07) is 0. The first-order valence-electron chi connectivity index (χ1n) is 5.03. The van der Waals surface area contributed by atoms with Crippen LogP contribution in [0.4, 0.5) is 0 Å². The molecule has 0 fully saturated rings. The van der Waals surface area contributed by atoms with Crippen molar-refractivity contribution in [3.05, 3.63) is 0 Å². The molecule has 0 heterocycles. The minimum absolute atomic E-state index is 0.361. The highest BCUT2D eigenvalue weighted by Crippen LogP contribution is 2.11. The normalized spacial score (nSPS) is 13.2. The summed E-state index contributed by atoms with van der Waals surface area (Å²) >= 11 is 6.04. The van der Waals surface area contributed by atoms with Gasteiger partial charge in [0.1, 0.15) is 0 Å². The van der Waals surface area contributed by atoms with E-state index in [9.17, 15) is 0 Å². The first-order chi connectivity index (χ1) is 5.81. The van der Waals surface area contributed by atoms with Crippen molar-refractivity contribution in [2.24, 2.45) is 0 Å².